The van der Waals surface area contributed by atoms with Crippen LogP contribution in [0.15, 0.2) is 0 Å². The van der Waals surface area contributed by atoms with Gasteiger partial charge in [0.1, 0.15) is 0 Å². The molecule has 0 N–H and O–H groups in total. The smallest absolute Gasteiger partial charge is 0.0364 e. The minimum absolute atomic E-state index is 0.454. The molecular formula is C15H29Cl. The molecule has 3 atom stereocenters. The number of hydrogen-bond acceptors (Lipinski definition) is 0. The van der Waals surface area contributed by atoms with E-state index < -0.39 is 0 Å². The highest BCUT2D eigenvalue weighted by Crippen LogP contribution is 2.43. The van der Waals surface area contributed by atoms with E-state index in [2.05, 4.69) is 27.7 Å². The van der Waals surface area contributed by atoms with Gasteiger partial charge in [-0.1, -0.05) is 47.0 Å². The van der Waals surface area contributed by atoms with Crippen LogP contribution in [0.4, 0.5) is 0 Å². The van der Waals surface area contributed by atoms with Crippen molar-refractivity contribution in [3.8, 4) is 0 Å². The molecule has 0 aromatic rings. The molecule has 0 aromatic carbocycles. The number of alkyl halides is 1. The first-order chi connectivity index (χ1) is 7.45. The van der Waals surface area contributed by atoms with Crippen LogP contribution in [0.3, 0.4) is 0 Å². The second-order valence-corrected chi connectivity index (χ2v) is 7.21. The van der Waals surface area contributed by atoms with Crippen LogP contribution in [-0.2, 0) is 0 Å². The molecule has 1 aliphatic rings. The lowest BCUT2D eigenvalue weighted by Crippen LogP contribution is -2.32. The van der Waals surface area contributed by atoms with Gasteiger partial charge in [0.15, 0.2) is 0 Å². The molecule has 0 radical (unpaired) electrons. The zero-order valence-electron chi connectivity index (χ0n) is 11.6. The summed E-state index contributed by atoms with van der Waals surface area (Å²) in [6.45, 7) is 9.43. The van der Waals surface area contributed by atoms with Crippen LogP contribution >= 0.6 is 11.6 Å². The molecule has 0 saturated heterocycles. The monoisotopic (exact) mass is 244 g/mol. The largest absolute Gasteiger partial charge is 0.123 e. The lowest BCUT2D eigenvalue weighted by Gasteiger charge is -2.40. The highest BCUT2D eigenvalue weighted by Gasteiger charge is 2.34. The maximum Gasteiger partial charge on any atom is 0.0364 e. The van der Waals surface area contributed by atoms with Crippen molar-refractivity contribution in [2.75, 3.05) is 0 Å². The molecule has 0 aliphatic heterocycles. The highest BCUT2D eigenvalue weighted by atomic mass is 35.5. The molecule has 1 aliphatic carbocycles. The Morgan fingerprint density at radius 3 is 2.38 bits per heavy atom. The third-order valence-corrected chi connectivity index (χ3v) is 4.87. The summed E-state index contributed by atoms with van der Waals surface area (Å²) < 4.78 is 0. The summed E-state index contributed by atoms with van der Waals surface area (Å²) in [5.41, 5.74) is 0.472. The molecule has 0 amide bonds. The molecule has 3 unspecified atom stereocenters. The Bertz CT molecular complexity index is 192. The summed E-state index contributed by atoms with van der Waals surface area (Å²) >= 11 is 6.48. The van der Waals surface area contributed by atoms with Gasteiger partial charge in [-0.3, -0.25) is 0 Å². The Labute approximate surface area is 107 Å². The van der Waals surface area contributed by atoms with E-state index in [9.17, 15) is 0 Å². The fraction of sp³-hybridized carbons (Fsp3) is 1.00. The van der Waals surface area contributed by atoms with Crippen molar-refractivity contribution in [3.05, 3.63) is 0 Å². The highest BCUT2D eigenvalue weighted by molar-refractivity contribution is 6.20. The Kier molecular flexibility index (Phi) is 5.64. The molecule has 1 fully saturated rings. The lowest BCUT2D eigenvalue weighted by molar-refractivity contribution is 0.138. The van der Waals surface area contributed by atoms with Crippen molar-refractivity contribution in [2.45, 2.75) is 78.0 Å². The molecule has 0 aromatic heterocycles. The standard InChI is InChI=1S/C15H29Cl/c1-5-6-7-8-12-11-13(15(2,3)4)9-10-14(12)16/h12-14H,5-11H2,1-4H3. The molecular weight excluding hydrogens is 216 g/mol. The van der Waals surface area contributed by atoms with Gasteiger partial charge in [0.25, 0.3) is 0 Å². The first-order valence-electron chi connectivity index (χ1n) is 7.09. The first kappa shape index (κ1) is 14.4. The number of rotatable bonds is 4. The van der Waals surface area contributed by atoms with Gasteiger partial charge in [-0.05, 0) is 42.9 Å². The summed E-state index contributed by atoms with van der Waals surface area (Å²) in [6, 6.07) is 0. The van der Waals surface area contributed by atoms with Gasteiger partial charge in [0.05, 0.1) is 0 Å². The van der Waals surface area contributed by atoms with E-state index in [0.29, 0.717) is 10.8 Å². The second-order valence-electron chi connectivity index (χ2n) is 6.65. The van der Waals surface area contributed by atoms with Crippen molar-refractivity contribution in [1.82, 2.24) is 0 Å². The van der Waals surface area contributed by atoms with E-state index in [4.69, 9.17) is 11.6 Å². The fourth-order valence-electron chi connectivity index (χ4n) is 2.97. The van der Waals surface area contributed by atoms with Gasteiger partial charge in [0, 0.05) is 5.38 Å². The van der Waals surface area contributed by atoms with E-state index in [1.54, 1.807) is 0 Å². The van der Waals surface area contributed by atoms with Crippen LogP contribution in [0.25, 0.3) is 0 Å². The Morgan fingerprint density at radius 2 is 1.81 bits per heavy atom. The normalized spacial score (nSPS) is 31.7. The van der Waals surface area contributed by atoms with Crippen molar-refractivity contribution in [3.63, 3.8) is 0 Å². The molecule has 0 nitrogen and oxygen atoms in total. The maximum atomic E-state index is 6.48. The summed E-state index contributed by atoms with van der Waals surface area (Å²) in [4.78, 5) is 0. The predicted octanol–water partition coefficient (Wildman–Crippen LogP) is 5.64. The van der Waals surface area contributed by atoms with Crippen molar-refractivity contribution < 1.29 is 0 Å². The second kappa shape index (κ2) is 6.28. The van der Waals surface area contributed by atoms with E-state index in [1.165, 1.54) is 44.9 Å². The Morgan fingerprint density at radius 1 is 1.12 bits per heavy atom. The van der Waals surface area contributed by atoms with E-state index >= 15 is 0 Å². The molecule has 1 rings (SSSR count). The van der Waals surface area contributed by atoms with Gasteiger partial charge in [-0.25, -0.2) is 0 Å². The molecule has 1 saturated carbocycles. The minimum Gasteiger partial charge on any atom is -0.123 e. The first-order valence-corrected chi connectivity index (χ1v) is 7.53. The number of hydrogen-bond donors (Lipinski definition) is 0. The van der Waals surface area contributed by atoms with Gasteiger partial charge in [-0.15, -0.1) is 11.6 Å². The summed E-state index contributed by atoms with van der Waals surface area (Å²) in [5, 5.41) is 0.454. The van der Waals surface area contributed by atoms with E-state index in [-0.39, 0.29) is 0 Å². The van der Waals surface area contributed by atoms with Crippen LogP contribution in [0.2, 0.25) is 0 Å². The lowest BCUT2D eigenvalue weighted by atomic mass is 9.68. The number of unbranched alkanes of at least 4 members (excludes halogenated alkanes) is 2. The van der Waals surface area contributed by atoms with E-state index in [0.717, 1.165) is 11.8 Å². The van der Waals surface area contributed by atoms with Crippen LogP contribution in [0, 0.1) is 17.3 Å². The van der Waals surface area contributed by atoms with Crippen molar-refractivity contribution in [2.24, 2.45) is 17.3 Å². The quantitative estimate of drug-likeness (QED) is 0.444. The molecule has 0 heterocycles. The van der Waals surface area contributed by atoms with Crippen LogP contribution in [0.1, 0.15) is 72.6 Å². The molecule has 16 heavy (non-hydrogen) atoms. The molecule has 0 bridgehead atoms. The summed E-state index contributed by atoms with van der Waals surface area (Å²) in [6.07, 6.45) is 9.36. The average Bonchev–Trinajstić information content (AvgIpc) is 2.19. The van der Waals surface area contributed by atoms with Gasteiger partial charge >= 0.3 is 0 Å². The van der Waals surface area contributed by atoms with Gasteiger partial charge in [-0.2, -0.15) is 0 Å². The Balaban J connectivity index is 2.42. The van der Waals surface area contributed by atoms with Gasteiger partial charge in [0.2, 0.25) is 0 Å². The maximum absolute atomic E-state index is 6.48. The topological polar surface area (TPSA) is 0 Å². The zero-order valence-corrected chi connectivity index (χ0v) is 12.3. The van der Waals surface area contributed by atoms with E-state index in [1.807, 2.05) is 0 Å². The molecule has 1 heteroatoms. The van der Waals surface area contributed by atoms with Crippen LogP contribution in [-0.4, -0.2) is 5.38 Å². The van der Waals surface area contributed by atoms with Crippen molar-refractivity contribution >= 4 is 11.6 Å². The number of halogens is 1. The van der Waals surface area contributed by atoms with Crippen LogP contribution in [0.5, 0.6) is 0 Å². The third-order valence-electron chi connectivity index (χ3n) is 4.29. The fourth-order valence-corrected chi connectivity index (χ4v) is 3.32. The third kappa shape index (κ3) is 4.28. The van der Waals surface area contributed by atoms with Gasteiger partial charge < -0.3 is 0 Å². The van der Waals surface area contributed by atoms with Crippen LogP contribution < -0.4 is 0 Å². The average molecular weight is 245 g/mol. The molecule has 0 spiro atoms. The SMILES string of the molecule is CCCCCC1CC(C(C)(C)C)CCC1Cl. The minimum atomic E-state index is 0.454. The Hall–Kier alpha value is 0.290. The summed E-state index contributed by atoms with van der Waals surface area (Å²) in [7, 11) is 0. The predicted molar refractivity (Wildman–Crippen MR) is 74.1 cm³/mol. The summed E-state index contributed by atoms with van der Waals surface area (Å²) in [5.74, 6) is 1.67. The van der Waals surface area contributed by atoms with Crippen molar-refractivity contribution in [1.29, 1.82) is 0 Å². The molecule has 96 valence electrons. The zero-order chi connectivity index (χ0) is 12.2.